The lowest BCUT2D eigenvalue weighted by Gasteiger charge is -2.24. The standard InChI is InChI=1S/C13H21NO/c1-9-6-7-12(10(2)8-9)13(14-4)11(3)15-5/h6-8,11,13-14H,1-5H3. The van der Waals surface area contributed by atoms with Gasteiger partial charge < -0.3 is 10.1 Å². The number of rotatable bonds is 4. The van der Waals surface area contributed by atoms with Crippen molar-refractivity contribution in [3.05, 3.63) is 34.9 Å². The zero-order chi connectivity index (χ0) is 11.4. The van der Waals surface area contributed by atoms with E-state index in [4.69, 9.17) is 4.74 Å². The fourth-order valence-electron chi connectivity index (χ4n) is 1.95. The van der Waals surface area contributed by atoms with Crippen LogP contribution in [0, 0.1) is 13.8 Å². The summed E-state index contributed by atoms with van der Waals surface area (Å²) in [5.41, 5.74) is 3.94. The third-order valence-corrected chi connectivity index (χ3v) is 2.91. The van der Waals surface area contributed by atoms with Gasteiger partial charge in [0.05, 0.1) is 12.1 Å². The fraction of sp³-hybridized carbons (Fsp3) is 0.538. The van der Waals surface area contributed by atoms with E-state index in [-0.39, 0.29) is 12.1 Å². The van der Waals surface area contributed by atoms with E-state index < -0.39 is 0 Å². The Kier molecular flexibility index (Phi) is 4.30. The molecule has 0 heterocycles. The van der Waals surface area contributed by atoms with Crippen LogP contribution >= 0.6 is 0 Å². The lowest BCUT2D eigenvalue weighted by molar-refractivity contribution is 0.0855. The molecule has 1 aromatic rings. The number of aryl methyl sites for hydroxylation is 2. The molecular formula is C13H21NO. The lowest BCUT2D eigenvalue weighted by atomic mass is 9.96. The van der Waals surface area contributed by atoms with E-state index in [0.717, 1.165) is 0 Å². The summed E-state index contributed by atoms with van der Waals surface area (Å²) in [6, 6.07) is 6.80. The number of likely N-dealkylation sites (N-methyl/N-ethyl adjacent to an activating group) is 1. The fourth-order valence-corrected chi connectivity index (χ4v) is 1.95. The summed E-state index contributed by atoms with van der Waals surface area (Å²) in [6.07, 6.45) is 0.177. The van der Waals surface area contributed by atoms with E-state index in [2.05, 4.69) is 44.3 Å². The maximum atomic E-state index is 5.38. The second-order valence-corrected chi connectivity index (χ2v) is 4.07. The lowest BCUT2D eigenvalue weighted by Crippen LogP contribution is -2.29. The topological polar surface area (TPSA) is 21.3 Å². The van der Waals surface area contributed by atoms with Crippen molar-refractivity contribution in [1.29, 1.82) is 0 Å². The molecule has 2 nitrogen and oxygen atoms in total. The van der Waals surface area contributed by atoms with Gasteiger partial charge in [-0.3, -0.25) is 0 Å². The van der Waals surface area contributed by atoms with Gasteiger partial charge in [0.2, 0.25) is 0 Å². The monoisotopic (exact) mass is 207 g/mol. The van der Waals surface area contributed by atoms with Crippen molar-refractivity contribution in [1.82, 2.24) is 5.32 Å². The normalized spacial score (nSPS) is 15.0. The molecule has 0 aliphatic rings. The first-order chi connectivity index (χ1) is 7.10. The van der Waals surface area contributed by atoms with Crippen LogP contribution in [0.25, 0.3) is 0 Å². The predicted octanol–water partition coefficient (Wildman–Crippen LogP) is 2.60. The molecular weight excluding hydrogens is 186 g/mol. The third kappa shape index (κ3) is 2.80. The predicted molar refractivity (Wildman–Crippen MR) is 64.2 cm³/mol. The van der Waals surface area contributed by atoms with Crippen LogP contribution in [0.3, 0.4) is 0 Å². The molecule has 2 heteroatoms. The molecule has 0 aliphatic heterocycles. The van der Waals surface area contributed by atoms with Gasteiger partial charge in [-0.15, -0.1) is 0 Å². The van der Waals surface area contributed by atoms with Crippen molar-refractivity contribution >= 4 is 0 Å². The molecule has 0 amide bonds. The van der Waals surface area contributed by atoms with Crippen molar-refractivity contribution in [2.75, 3.05) is 14.2 Å². The quantitative estimate of drug-likeness (QED) is 0.819. The molecule has 84 valence electrons. The van der Waals surface area contributed by atoms with E-state index in [1.165, 1.54) is 16.7 Å². The molecule has 2 atom stereocenters. The van der Waals surface area contributed by atoms with Crippen molar-refractivity contribution in [3.8, 4) is 0 Å². The molecule has 0 fully saturated rings. The van der Waals surface area contributed by atoms with Crippen LogP contribution in [0.1, 0.15) is 29.7 Å². The first kappa shape index (κ1) is 12.2. The van der Waals surface area contributed by atoms with Crippen molar-refractivity contribution in [2.45, 2.75) is 32.9 Å². The highest BCUT2D eigenvalue weighted by Gasteiger charge is 2.18. The smallest absolute Gasteiger partial charge is 0.0737 e. The van der Waals surface area contributed by atoms with Crippen LogP contribution in [0.5, 0.6) is 0 Å². The van der Waals surface area contributed by atoms with Gasteiger partial charge in [0.1, 0.15) is 0 Å². The van der Waals surface area contributed by atoms with Gasteiger partial charge in [0, 0.05) is 7.11 Å². The second kappa shape index (κ2) is 5.29. The average Bonchev–Trinajstić information content (AvgIpc) is 2.21. The summed E-state index contributed by atoms with van der Waals surface area (Å²) in [4.78, 5) is 0. The molecule has 2 unspecified atom stereocenters. The van der Waals surface area contributed by atoms with Gasteiger partial charge >= 0.3 is 0 Å². The molecule has 0 bridgehead atoms. The largest absolute Gasteiger partial charge is 0.380 e. The Hall–Kier alpha value is -0.860. The van der Waals surface area contributed by atoms with Crippen molar-refractivity contribution in [2.24, 2.45) is 0 Å². The Morgan fingerprint density at radius 1 is 1.27 bits per heavy atom. The second-order valence-electron chi connectivity index (χ2n) is 4.07. The molecule has 0 spiro atoms. The highest BCUT2D eigenvalue weighted by Crippen LogP contribution is 2.22. The van der Waals surface area contributed by atoms with Gasteiger partial charge in [-0.25, -0.2) is 0 Å². The molecule has 0 aromatic heterocycles. The molecule has 1 rings (SSSR count). The third-order valence-electron chi connectivity index (χ3n) is 2.91. The molecule has 1 N–H and O–H groups in total. The summed E-state index contributed by atoms with van der Waals surface area (Å²) in [6.45, 7) is 6.35. The Labute approximate surface area is 92.6 Å². The van der Waals surface area contributed by atoms with Crippen LogP contribution in [0.15, 0.2) is 18.2 Å². The molecule has 15 heavy (non-hydrogen) atoms. The maximum absolute atomic E-state index is 5.38. The minimum absolute atomic E-state index is 0.177. The number of hydrogen-bond acceptors (Lipinski definition) is 2. The molecule has 0 saturated carbocycles. The highest BCUT2D eigenvalue weighted by atomic mass is 16.5. The van der Waals surface area contributed by atoms with Gasteiger partial charge in [0.25, 0.3) is 0 Å². The number of benzene rings is 1. The zero-order valence-corrected chi connectivity index (χ0v) is 10.3. The minimum atomic E-state index is 0.177. The first-order valence-corrected chi connectivity index (χ1v) is 5.37. The Morgan fingerprint density at radius 2 is 1.93 bits per heavy atom. The van der Waals surface area contributed by atoms with Crippen LogP contribution in [0.4, 0.5) is 0 Å². The van der Waals surface area contributed by atoms with Gasteiger partial charge in [-0.05, 0) is 38.9 Å². The van der Waals surface area contributed by atoms with Crippen LogP contribution < -0.4 is 5.32 Å². The SMILES string of the molecule is CNC(c1ccc(C)cc1C)C(C)OC. The summed E-state index contributed by atoms with van der Waals surface area (Å²) >= 11 is 0. The Morgan fingerprint density at radius 3 is 2.40 bits per heavy atom. The zero-order valence-electron chi connectivity index (χ0n) is 10.3. The highest BCUT2D eigenvalue weighted by molar-refractivity contribution is 5.33. The molecule has 1 aromatic carbocycles. The summed E-state index contributed by atoms with van der Waals surface area (Å²) in [5, 5.41) is 3.30. The van der Waals surface area contributed by atoms with Crippen LogP contribution in [-0.2, 0) is 4.74 Å². The molecule has 0 radical (unpaired) electrons. The number of hydrogen-bond donors (Lipinski definition) is 1. The molecule has 0 aliphatic carbocycles. The van der Waals surface area contributed by atoms with E-state index in [9.17, 15) is 0 Å². The number of ether oxygens (including phenoxy) is 1. The Balaban J connectivity index is 3.01. The first-order valence-electron chi connectivity index (χ1n) is 5.37. The van der Waals surface area contributed by atoms with E-state index in [1.807, 2.05) is 7.05 Å². The van der Waals surface area contributed by atoms with E-state index in [1.54, 1.807) is 7.11 Å². The summed E-state index contributed by atoms with van der Waals surface area (Å²) in [5.74, 6) is 0. The van der Waals surface area contributed by atoms with Crippen LogP contribution in [-0.4, -0.2) is 20.3 Å². The number of nitrogens with one attached hydrogen (secondary N) is 1. The van der Waals surface area contributed by atoms with Crippen molar-refractivity contribution in [3.63, 3.8) is 0 Å². The number of methoxy groups -OCH3 is 1. The van der Waals surface area contributed by atoms with Crippen molar-refractivity contribution < 1.29 is 4.74 Å². The van der Waals surface area contributed by atoms with Gasteiger partial charge in [0.15, 0.2) is 0 Å². The average molecular weight is 207 g/mol. The summed E-state index contributed by atoms with van der Waals surface area (Å²) < 4.78 is 5.38. The van der Waals surface area contributed by atoms with E-state index >= 15 is 0 Å². The maximum Gasteiger partial charge on any atom is 0.0737 e. The van der Waals surface area contributed by atoms with Gasteiger partial charge in [-0.1, -0.05) is 23.8 Å². The Bertz CT molecular complexity index is 322. The van der Waals surface area contributed by atoms with Gasteiger partial charge in [-0.2, -0.15) is 0 Å². The minimum Gasteiger partial charge on any atom is -0.380 e. The van der Waals surface area contributed by atoms with Crippen LogP contribution in [0.2, 0.25) is 0 Å². The summed E-state index contributed by atoms with van der Waals surface area (Å²) in [7, 11) is 3.72. The van der Waals surface area contributed by atoms with E-state index in [0.29, 0.717) is 0 Å². The molecule has 0 saturated heterocycles.